The Bertz CT molecular complexity index is 774. The molecule has 0 aliphatic heterocycles. The molecule has 1 nitrogen and oxygen atoms in total. The smallest absolute Gasteiger partial charge is 0.0830 e. The normalized spacial score (nSPS) is 12.5. The zero-order valence-electron chi connectivity index (χ0n) is 12.5. The summed E-state index contributed by atoms with van der Waals surface area (Å²) < 4.78 is 0. The third-order valence-corrected chi connectivity index (χ3v) is 4.08. The summed E-state index contributed by atoms with van der Waals surface area (Å²) in [6.45, 7) is 4.19. The Morgan fingerprint density at radius 2 is 1.62 bits per heavy atom. The fourth-order valence-electron chi connectivity index (χ4n) is 2.76. The van der Waals surface area contributed by atoms with E-state index in [4.69, 9.17) is 0 Å². The number of hydrogen-bond donors (Lipinski definition) is 1. The van der Waals surface area contributed by atoms with Crippen LogP contribution in [0.2, 0.25) is 0 Å². The number of aliphatic hydroxyl groups is 1. The lowest BCUT2D eigenvalue weighted by Crippen LogP contribution is -2.03. The highest BCUT2D eigenvalue weighted by molar-refractivity contribution is 5.83. The van der Waals surface area contributed by atoms with E-state index in [0.29, 0.717) is 6.42 Å². The minimum atomic E-state index is -0.463. The van der Waals surface area contributed by atoms with Gasteiger partial charge in [-0.3, -0.25) is 0 Å². The van der Waals surface area contributed by atoms with Crippen LogP contribution in [0.25, 0.3) is 10.8 Å². The van der Waals surface area contributed by atoms with E-state index in [1.807, 2.05) is 18.2 Å². The molecule has 3 aromatic rings. The first-order valence-electron chi connectivity index (χ1n) is 7.36. The lowest BCUT2D eigenvalue weighted by molar-refractivity contribution is 0.178. The Kier molecular flexibility index (Phi) is 3.76. The van der Waals surface area contributed by atoms with E-state index in [9.17, 15) is 5.11 Å². The first-order valence-corrected chi connectivity index (χ1v) is 7.36. The minimum Gasteiger partial charge on any atom is -0.388 e. The SMILES string of the molecule is Cc1ccc(C)c(CC(O)c2ccc3ccccc3c2)c1. The second-order valence-corrected chi connectivity index (χ2v) is 5.76. The minimum absolute atomic E-state index is 0.463. The highest BCUT2D eigenvalue weighted by atomic mass is 16.3. The zero-order chi connectivity index (χ0) is 14.8. The van der Waals surface area contributed by atoms with Crippen molar-refractivity contribution in [3.05, 3.63) is 82.9 Å². The van der Waals surface area contributed by atoms with E-state index in [-0.39, 0.29) is 0 Å². The lowest BCUT2D eigenvalue weighted by Gasteiger charge is -2.14. The summed E-state index contributed by atoms with van der Waals surface area (Å²) in [6.07, 6.45) is 0.196. The number of benzene rings is 3. The van der Waals surface area contributed by atoms with Crippen LogP contribution < -0.4 is 0 Å². The number of hydrogen-bond acceptors (Lipinski definition) is 1. The molecule has 1 heteroatoms. The fourth-order valence-corrected chi connectivity index (χ4v) is 2.76. The van der Waals surface area contributed by atoms with Crippen molar-refractivity contribution in [2.45, 2.75) is 26.4 Å². The molecule has 0 spiro atoms. The zero-order valence-corrected chi connectivity index (χ0v) is 12.5. The maximum Gasteiger partial charge on any atom is 0.0830 e. The summed E-state index contributed by atoms with van der Waals surface area (Å²) in [6, 6.07) is 20.8. The molecule has 106 valence electrons. The third-order valence-electron chi connectivity index (χ3n) is 4.08. The van der Waals surface area contributed by atoms with E-state index in [1.54, 1.807) is 0 Å². The molecule has 0 aliphatic carbocycles. The first kappa shape index (κ1) is 13.8. The molecule has 1 N–H and O–H groups in total. The van der Waals surface area contributed by atoms with Gasteiger partial charge in [-0.25, -0.2) is 0 Å². The lowest BCUT2D eigenvalue weighted by atomic mass is 9.95. The van der Waals surface area contributed by atoms with Gasteiger partial charge in [0.1, 0.15) is 0 Å². The molecule has 0 aliphatic rings. The van der Waals surface area contributed by atoms with Crippen LogP contribution in [0.15, 0.2) is 60.7 Å². The van der Waals surface area contributed by atoms with Crippen molar-refractivity contribution >= 4 is 10.8 Å². The molecule has 3 rings (SSSR count). The standard InChI is InChI=1S/C20H20O/c1-14-7-8-15(2)19(11-14)13-20(21)18-10-9-16-5-3-4-6-17(16)12-18/h3-12,20-21H,13H2,1-2H3. The second kappa shape index (κ2) is 5.71. The van der Waals surface area contributed by atoms with Crippen LogP contribution in [0.4, 0.5) is 0 Å². The molecule has 0 saturated heterocycles. The van der Waals surface area contributed by atoms with Crippen LogP contribution in [-0.4, -0.2) is 5.11 Å². The average molecular weight is 276 g/mol. The van der Waals surface area contributed by atoms with Gasteiger partial charge in [0.2, 0.25) is 0 Å². The summed E-state index contributed by atoms with van der Waals surface area (Å²) in [5.74, 6) is 0. The molecule has 1 unspecified atom stereocenters. The molecule has 0 saturated carbocycles. The van der Waals surface area contributed by atoms with E-state index >= 15 is 0 Å². The van der Waals surface area contributed by atoms with Gasteiger partial charge in [-0.2, -0.15) is 0 Å². The maximum atomic E-state index is 10.5. The fraction of sp³-hybridized carbons (Fsp3) is 0.200. The Labute approximate surface area is 125 Å². The molecule has 3 aromatic carbocycles. The molecule has 21 heavy (non-hydrogen) atoms. The van der Waals surface area contributed by atoms with Crippen LogP contribution in [0, 0.1) is 13.8 Å². The molecule has 1 atom stereocenters. The monoisotopic (exact) mass is 276 g/mol. The Balaban J connectivity index is 1.89. The van der Waals surface area contributed by atoms with Gasteiger partial charge in [0.15, 0.2) is 0 Å². The summed E-state index contributed by atoms with van der Waals surface area (Å²) in [5.41, 5.74) is 4.67. The molecule has 0 fully saturated rings. The quantitative estimate of drug-likeness (QED) is 0.733. The van der Waals surface area contributed by atoms with Gasteiger partial charge in [0.25, 0.3) is 0 Å². The molecule has 0 amide bonds. The van der Waals surface area contributed by atoms with Gasteiger partial charge < -0.3 is 5.11 Å². The number of aryl methyl sites for hydroxylation is 2. The number of aliphatic hydroxyl groups excluding tert-OH is 1. The van der Waals surface area contributed by atoms with Crippen molar-refractivity contribution in [2.24, 2.45) is 0 Å². The summed E-state index contributed by atoms with van der Waals surface area (Å²) in [4.78, 5) is 0. The molecular weight excluding hydrogens is 256 g/mol. The molecule has 0 aromatic heterocycles. The molecule has 0 heterocycles. The van der Waals surface area contributed by atoms with Crippen molar-refractivity contribution in [3.8, 4) is 0 Å². The molecule has 0 radical (unpaired) electrons. The van der Waals surface area contributed by atoms with E-state index in [2.05, 4.69) is 56.3 Å². The molecular formula is C20H20O. The Morgan fingerprint density at radius 1 is 0.857 bits per heavy atom. The van der Waals surface area contributed by atoms with Gasteiger partial charge in [-0.15, -0.1) is 0 Å². The average Bonchev–Trinajstić information content (AvgIpc) is 2.50. The number of rotatable bonds is 3. The predicted octanol–water partition coefficient (Wildman–Crippen LogP) is 4.73. The topological polar surface area (TPSA) is 20.2 Å². The van der Waals surface area contributed by atoms with Gasteiger partial charge in [-0.1, -0.05) is 60.2 Å². The van der Waals surface area contributed by atoms with Crippen LogP contribution in [0.1, 0.15) is 28.4 Å². The van der Waals surface area contributed by atoms with E-state index < -0.39 is 6.10 Å². The maximum absolute atomic E-state index is 10.5. The van der Waals surface area contributed by atoms with Gasteiger partial charge >= 0.3 is 0 Å². The van der Waals surface area contributed by atoms with Crippen molar-refractivity contribution < 1.29 is 5.11 Å². The van der Waals surface area contributed by atoms with E-state index in [0.717, 1.165) is 5.56 Å². The third kappa shape index (κ3) is 2.98. The molecule has 0 bridgehead atoms. The van der Waals surface area contributed by atoms with Crippen LogP contribution >= 0.6 is 0 Å². The van der Waals surface area contributed by atoms with E-state index in [1.165, 1.54) is 27.5 Å². The van der Waals surface area contributed by atoms with Gasteiger partial charge in [-0.05, 0) is 47.4 Å². The van der Waals surface area contributed by atoms with Crippen molar-refractivity contribution in [1.82, 2.24) is 0 Å². The highest BCUT2D eigenvalue weighted by Gasteiger charge is 2.11. The van der Waals surface area contributed by atoms with Crippen LogP contribution in [0.5, 0.6) is 0 Å². The van der Waals surface area contributed by atoms with Crippen LogP contribution in [0.3, 0.4) is 0 Å². The van der Waals surface area contributed by atoms with Crippen molar-refractivity contribution in [2.75, 3.05) is 0 Å². The van der Waals surface area contributed by atoms with Crippen molar-refractivity contribution in [3.63, 3.8) is 0 Å². The van der Waals surface area contributed by atoms with Crippen LogP contribution in [-0.2, 0) is 6.42 Å². The highest BCUT2D eigenvalue weighted by Crippen LogP contribution is 2.24. The van der Waals surface area contributed by atoms with Gasteiger partial charge in [0, 0.05) is 6.42 Å². The second-order valence-electron chi connectivity index (χ2n) is 5.76. The number of fused-ring (bicyclic) bond motifs is 1. The van der Waals surface area contributed by atoms with Gasteiger partial charge in [0.05, 0.1) is 6.10 Å². The summed E-state index contributed by atoms with van der Waals surface area (Å²) in [5, 5.41) is 12.9. The summed E-state index contributed by atoms with van der Waals surface area (Å²) >= 11 is 0. The first-order chi connectivity index (χ1) is 10.1. The summed E-state index contributed by atoms with van der Waals surface area (Å²) in [7, 11) is 0. The predicted molar refractivity (Wildman–Crippen MR) is 88.5 cm³/mol. The van der Waals surface area contributed by atoms with Crippen molar-refractivity contribution in [1.29, 1.82) is 0 Å². The Hall–Kier alpha value is -2.12. The Morgan fingerprint density at radius 3 is 2.43 bits per heavy atom. The largest absolute Gasteiger partial charge is 0.388 e.